The lowest BCUT2D eigenvalue weighted by molar-refractivity contribution is 0.102. The van der Waals surface area contributed by atoms with E-state index in [0.29, 0.717) is 35.7 Å². The Morgan fingerprint density at radius 2 is 1.75 bits per heavy atom. The number of hydrogen-bond acceptors (Lipinski definition) is 4. The fourth-order valence-electron chi connectivity index (χ4n) is 4.32. The molecule has 0 unspecified atom stereocenters. The smallest absolute Gasteiger partial charge is 0.276 e. The molecule has 1 aliphatic carbocycles. The molecular formula is C27H22F2N4O3. The average molecular weight is 488 g/mol. The molecule has 2 N–H and O–H groups in total. The first-order valence-electron chi connectivity index (χ1n) is 11.4. The molecule has 7 nitrogen and oxygen atoms in total. The van der Waals surface area contributed by atoms with Gasteiger partial charge in [-0.3, -0.25) is 9.59 Å². The Hall–Kier alpha value is -4.53. The van der Waals surface area contributed by atoms with Gasteiger partial charge in [-0.05, 0) is 55.7 Å². The van der Waals surface area contributed by atoms with E-state index in [1.807, 2.05) is 0 Å². The third-order valence-corrected chi connectivity index (χ3v) is 6.04. The maximum atomic E-state index is 13.8. The summed E-state index contributed by atoms with van der Waals surface area (Å²) in [5, 5.41) is 10.0. The normalized spacial score (nSPS) is 12.2. The summed E-state index contributed by atoms with van der Waals surface area (Å²) in [6, 6.07) is 17.1. The van der Waals surface area contributed by atoms with Gasteiger partial charge in [0.05, 0.1) is 24.0 Å². The number of rotatable bonds is 6. The van der Waals surface area contributed by atoms with Crippen LogP contribution in [0.1, 0.15) is 38.5 Å². The van der Waals surface area contributed by atoms with E-state index in [1.165, 1.54) is 17.9 Å². The van der Waals surface area contributed by atoms with E-state index in [2.05, 4.69) is 15.7 Å². The molecule has 3 aromatic carbocycles. The summed E-state index contributed by atoms with van der Waals surface area (Å²) in [5.41, 5.74) is 3.20. The third-order valence-electron chi connectivity index (χ3n) is 6.04. The molecule has 2 amide bonds. The van der Waals surface area contributed by atoms with Crippen LogP contribution in [0.15, 0.2) is 66.7 Å². The quantitative estimate of drug-likeness (QED) is 0.393. The fourth-order valence-corrected chi connectivity index (χ4v) is 4.32. The zero-order valence-corrected chi connectivity index (χ0v) is 19.3. The molecule has 0 saturated carbocycles. The number of halogens is 2. The molecular weight excluding hydrogens is 466 g/mol. The molecule has 0 aliphatic heterocycles. The number of carbonyl (C=O) groups excluding carboxylic acids is 2. The molecule has 0 bridgehead atoms. The molecule has 1 aliphatic rings. The number of hydrogen-bond donors (Lipinski definition) is 2. The third kappa shape index (κ3) is 4.43. The van der Waals surface area contributed by atoms with Crippen molar-refractivity contribution in [1.29, 1.82) is 0 Å². The highest BCUT2D eigenvalue weighted by atomic mass is 19.2. The lowest BCUT2D eigenvalue weighted by atomic mass is 10.1. The topological polar surface area (TPSA) is 85.2 Å². The first kappa shape index (κ1) is 23.2. The highest BCUT2D eigenvalue weighted by molar-refractivity contribution is 6.12. The number of fused-ring (bicyclic) bond motifs is 1. The monoisotopic (exact) mass is 488 g/mol. The van der Waals surface area contributed by atoms with Crippen LogP contribution in [0.3, 0.4) is 0 Å². The first-order chi connectivity index (χ1) is 17.4. The predicted octanol–water partition coefficient (Wildman–Crippen LogP) is 5.15. The van der Waals surface area contributed by atoms with Gasteiger partial charge >= 0.3 is 0 Å². The van der Waals surface area contributed by atoms with Crippen LogP contribution < -0.4 is 15.4 Å². The zero-order chi connectivity index (χ0) is 25.2. The van der Waals surface area contributed by atoms with Gasteiger partial charge < -0.3 is 15.4 Å². The maximum absolute atomic E-state index is 13.8. The minimum atomic E-state index is -0.989. The number of anilines is 2. The van der Waals surface area contributed by atoms with Gasteiger partial charge in [-0.1, -0.05) is 18.2 Å². The van der Waals surface area contributed by atoms with Gasteiger partial charge in [0.1, 0.15) is 5.75 Å². The Morgan fingerprint density at radius 3 is 2.56 bits per heavy atom. The van der Waals surface area contributed by atoms with E-state index >= 15 is 0 Å². The minimum absolute atomic E-state index is 0.190. The maximum Gasteiger partial charge on any atom is 0.276 e. The molecule has 9 heteroatoms. The summed E-state index contributed by atoms with van der Waals surface area (Å²) in [6.45, 7) is 0. The minimum Gasteiger partial charge on any atom is -0.497 e. The molecule has 0 atom stereocenters. The van der Waals surface area contributed by atoms with Gasteiger partial charge in [0.2, 0.25) is 0 Å². The molecule has 0 radical (unpaired) electrons. The number of nitrogens with zero attached hydrogens (tertiary/aromatic N) is 2. The summed E-state index contributed by atoms with van der Waals surface area (Å²) in [7, 11) is 1.54. The van der Waals surface area contributed by atoms with E-state index in [9.17, 15) is 18.4 Å². The molecule has 0 saturated heterocycles. The molecule has 1 heterocycles. The molecule has 36 heavy (non-hydrogen) atoms. The van der Waals surface area contributed by atoms with Crippen LogP contribution >= 0.6 is 0 Å². The van der Waals surface area contributed by atoms with Crippen molar-refractivity contribution in [3.8, 4) is 11.4 Å². The van der Waals surface area contributed by atoms with Crippen molar-refractivity contribution in [2.24, 2.45) is 0 Å². The van der Waals surface area contributed by atoms with Crippen LogP contribution in [-0.2, 0) is 12.8 Å². The van der Waals surface area contributed by atoms with Crippen LogP contribution in [0.25, 0.3) is 5.69 Å². The Kier molecular flexibility index (Phi) is 6.20. The van der Waals surface area contributed by atoms with Gasteiger partial charge in [-0.25, -0.2) is 13.5 Å². The Balaban J connectivity index is 1.42. The number of benzene rings is 3. The highest BCUT2D eigenvalue weighted by Gasteiger charge is 2.28. The summed E-state index contributed by atoms with van der Waals surface area (Å²) < 4.78 is 34.0. The van der Waals surface area contributed by atoms with Crippen LogP contribution in [0.4, 0.5) is 20.2 Å². The van der Waals surface area contributed by atoms with Crippen molar-refractivity contribution < 1.29 is 23.1 Å². The van der Waals surface area contributed by atoms with Crippen LogP contribution in [0.5, 0.6) is 5.75 Å². The summed E-state index contributed by atoms with van der Waals surface area (Å²) in [6.07, 6.45) is 2.12. The first-order valence-corrected chi connectivity index (χ1v) is 11.4. The van der Waals surface area contributed by atoms with Crippen molar-refractivity contribution in [2.45, 2.75) is 19.3 Å². The highest BCUT2D eigenvalue weighted by Crippen LogP contribution is 2.29. The van der Waals surface area contributed by atoms with Gasteiger partial charge in [-0.15, -0.1) is 0 Å². The molecule has 4 aromatic rings. The van der Waals surface area contributed by atoms with Crippen LogP contribution in [0.2, 0.25) is 0 Å². The number of para-hydroxylation sites is 1. The Bertz CT molecular complexity index is 1480. The second-order valence-corrected chi connectivity index (χ2v) is 8.32. The van der Waals surface area contributed by atoms with Crippen molar-refractivity contribution >= 4 is 23.2 Å². The van der Waals surface area contributed by atoms with Gasteiger partial charge in [-0.2, -0.15) is 5.10 Å². The number of nitrogens with one attached hydrogen (secondary N) is 2. The predicted molar refractivity (Wildman–Crippen MR) is 131 cm³/mol. The Labute approximate surface area is 205 Å². The van der Waals surface area contributed by atoms with Crippen molar-refractivity contribution in [2.75, 3.05) is 17.7 Å². The van der Waals surface area contributed by atoms with Gasteiger partial charge in [0.25, 0.3) is 11.8 Å². The Morgan fingerprint density at radius 1 is 0.917 bits per heavy atom. The summed E-state index contributed by atoms with van der Waals surface area (Å²) in [5.74, 6) is -2.24. The van der Waals surface area contributed by atoms with Crippen LogP contribution in [-0.4, -0.2) is 28.7 Å². The van der Waals surface area contributed by atoms with Crippen molar-refractivity contribution in [3.05, 3.63) is 101 Å². The average Bonchev–Trinajstić information content (AvgIpc) is 3.49. The van der Waals surface area contributed by atoms with E-state index in [1.54, 1.807) is 48.5 Å². The SMILES string of the molecule is COc1cccc(NC(=O)c2ccccc2NC(=O)c2nn(-c3ccc(F)c(F)c3)c3c2CCC3)c1. The lowest BCUT2D eigenvalue weighted by Gasteiger charge is -2.12. The van der Waals surface area contributed by atoms with E-state index < -0.39 is 23.4 Å². The largest absolute Gasteiger partial charge is 0.497 e. The number of carbonyl (C=O) groups is 2. The summed E-state index contributed by atoms with van der Waals surface area (Å²) in [4.78, 5) is 26.3. The van der Waals surface area contributed by atoms with Gasteiger partial charge in [0.15, 0.2) is 17.3 Å². The lowest BCUT2D eigenvalue weighted by Crippen LogP contribution is -2.19. The number of amides is 2. The summed E-state index contributed by atoms with van der Waals surface area (Å²) >= 11 is 0. The van der Waals surface area contributed by atoms with Gasteiger partial charge in [0, 0.05) is 29.1 Å². The fraction of sp³-hybridized carbons (Fsp3) is 0.148. The second kappa shape index (κ2) is 9.61. The zero-order valence-electron chi connectivity index (χ0n) is 19.3. The number of aromatic nitrogens is 2. The number of methoxy groups -OCH3 is 1. The van der Waals surface area contributed by atoms with Crippen molar-refractivity contribution in [1.82, 2.24) is 9.78 Å². The molecule has 182 valence electrons. The van der Waals surface area contributed by atoms with E-state index in [-0.39, 0.29) is 11.3 Å². The van der Waals surface area contributed by atoms with Crippen molar-refractivity contribution in [3.63, 3.8) is 0 Å². The van der Waals surface area contributed by atoms with Crippen LogP contribution in [0, 0.1) is 11.6 Å². The molecule has 1 aromatic heterocycles. The molecule has 0 spiro atoms. The van der Waals surface area contributed by atoms with E-state index in [4.69, 9.17) is 4.74 Å². The molecule has 5 rings (SSSR count). The number of ether oxygens (including phenoxy) is 1. The molecule has 0 fully saturated rings. The second-order valence-electron chi connectivity index (χ2n) is 8.32. The standard InChI is InChI=1S/C27H22F2N4O3/c1-36-18-7-4-6-16(14-18)30-26(34)19-8-2-3-10-23(19)31-27(35)25-20-9-5-11-24(20)33(32-25)17-12-13-21(28)22(29)15-17/h2-4,6-8,10,12-15H,5,9,11H2,1H3,(H,30,34)(H,31,35). The van der Waals surface area contributed by atoms with E-state index in [0.717, 1.165) is 29.8 Å².